The van der Waals surface area contributed by atoms with Crippen molar-refractivity contribution in [3.63, 3.8) is 0 Å². The SMILES string of the molecule is O=C(CCCOc1ccccc1)NC1CCN(C(=O)c2cccc(F)c2)CC1. The van der Waals surface area contributed by atoms with E-state index in [1.54, 1.807) is 11.0 Å². The molecule has 0 spiro atoms. The number of nitrogens with zero attached hydrogens (tertiary/aromatic N) is 1. The van der Waals surface area contributed by atoms with Crippen molar-refractivity contribution in [2.24, 2.45) is 0 Å². The number of carbonyl (C=O) groups is 2. The number of piperidine rings is 1. The lowest BCUT2D eigenvalue weighted by atomic mass is 10.0. The van der Waals surface area contributed by atoms with Gasteiger partial charge in [0.2, 0.25) is 5.91 Å². The highest BCUT2D eigenvalue weighted by atomic mass is 19.1. The highest BCUT2D eigenvalue weighted by Crippen LogP contribution is 2.15. The first-order valence-electron chi connectivity index (χ1n) is 9.64. The Morgan fingerprint density at radius 2 is 1.82 bits per heavy atom. The smallest absolute Gasteiger partial charge is 0.253 e. The minimum Gasteiger partial charge on any atom is -0.494 e. The number of likely N-dealkylation sites (tertiary alicyclic amines) is 1. The summed E-state index contributed by atoms with van der Waals surface area (Å²) >= 11 is 0. The fourth-order valence-electron chi connectivity index (χ4n) is 3.27. The third-order valence-electron chi connectivity index (χ3n) is 4.78. The maximum Gasteiger partial charge on any atom is 0.253 e. The van der Waals surface area contributed by atoms with E-state index in [1.807, 2.05) is 30.3 Å². The van der Waals surface area contributed by atoms with E-state index in [-0.39, 0.29) is 17.9 Å². The zero-order chi connectivity index (χ0) is 19.8. The third kappa shape index (κ3) is 5.81. The summed E-state index contributed by atoms with van der Waals surface area (Å²) in [5, 5.41) is 3.03. The molecule has 1 aliphatic rings. The number of hydrogen-bond acceptors (Lipinski definition) is 3. The van der Waals surface area contributed by atoms with Crippen molar-refractivity contribution < 1.29 is 18.7 Å². The number of amides is 2. The number of rotatable bonds is 7. The number of nitrogens with one attached hydrogen (secondary N) is 1. The van der Waals surface area contributed by atoms with E-state index in [4.69, 9.17) is 4.74 Å². The fraction of sp³-hybridized carbons (Fsp3) is 0.364. The molecule has 148 valence electrons. The summed E-state index contributed by atoms with van der Waals surface area (Å²) in [5.74, 6) is 0.233. The largest absolute Gasteiger partial charge is 0.494 e. The molecule has 2 aromatic rings. The lowest BCUT2D eigenvalue weighted by Gasteiger charge is -2.32. The Bertz CT molecular complexity index is 789. The minimum absolute atomic E-state index is 0.00608. The number of ether oxygens (including phenoxy) is 1. The van der Waals surface area contributed by atoms with Crippen molar-refractivity contribution in [3.05, 3.63) is 66.0 Å². The van der Waals surface area contributed by atoms with Crippen molar-refractivity contribution >= 4 is 11.8 Å². The summed E-state index contributed by atoms with van der Waals surface area (Å²) in [4.78, 5) is 26.3. The molecule has 6 heteroatoms. The topological polar surface area (TPSA) is 58.6 Å². The maximum atomic E-state index is 13.3. The van der Waals surface area contributed by atoms with Crippen LogP contribution in [0.1, 0.15) is 36.0 Å². The average molecular weight is 384 g/mol. The molecule has 3 rings (SSSR count). The summed E-state index contributed by atoms with van der Waals surface area (Å²) in [6.07, 6.45) is 2.47. The number of halogens is 1. The molecule has 0 unspecified atom stereocenters. The van der Waals surface area contributed by atoms with E-state index in [2.05, 4.69) is 5.32 Å². The first-order valence-corrected chi connectivity index (χ1v) is 9.64. The summed E-state index contributed by atoms with van der Waals surface area (Å²) in [5.41, 5.74) is 0.362. The molecular formula is C22H25FN2O3. The molecule has 0 saturated carbocycles. The molecule has 28 heavy (non-hydrogen) atoms. The van der Waals surface area contributed by atoms with E-state index in [9.17, 15) is 14.0 Å². The molecule has 0 aliphatic carbocycles. The average Bonchev–Trinajstić information content (AvgIpc) is 2.72. The van der Waals surface area contributed by atoms with Gasteiger partial charge in [0.15, 0.2) is 0 Å². The third-order valence-corrected chi connectivity index (χ3v) is 4.78. The van der Waals surface area contributed by atoms with Gasteiger partial charge in [-0.2, -0.15) is 0 Å². The monoisotopic (exact) mass is 384 g/mol. The van der Waals surface area contributed by atoms with Gasteiger partial charge >= 0.3 is 0 Å². The van der Waals surface area contributed by atoms with Crippen LogP contribution >= 0.6 is 0 Å². The van der Waals surface area contributed by atoms with Gasteiger partial charge in [0, 0.05) is 31.1 Å². The van der Waals surface area contributed by atoms with Crippen molar-refractivity contribution in [2.75, 3.05) is 19.7 Å². The molecule has 5 nitrogen and oxygen atoms in total. The fourth-order valence-corrected chi connectivity index (χ4v) is 3.27. The van der Waals surface area contributed by atoms with E-state index in [0.29, 0.717) is 50.9 Å². The van der Waals surface area contributed by atoms with Crippen molar-refractivity contribution in [2.45, 2.75) is 31.7 Å². The Labute approximate surface area is 164 Å². The van der Waals surface area contributed by atoms with Crippen LogP contribution in [0.15, 0.2) is 54.6 Å². The van der Waals surface area contributed by atoms with Crippen LogP contribution in [0.2, 0.25) is 0 Å². The van der Waals surface area contributed by atoms with Crippen LogP contribution in [-0.2, 0) is 4.79 Å². The van der Waals surface area contributed by atoms with E-state index in [1.165, 1.54) is 18.2 Å². The van der Waals surface area contributed by atoms with Crippen LogP contribution in [0.25, 0.3) is 0 Å². The molecule has 0 aromatic heterocycles. The van der Waals surface area contributed by atoms with E-state index >= 15 is 0 Å². The Hall–Kier alpha value is -2.89. The summed E-state index contributed by atoms with van der Waals surface area (Å²) in [6.45, 7) is 1.60. The van der Waals surface area contributed by atoms with E-state index < -0.39 is 5.82 Å². The second-order valence-corrected chi connectivity index (χ2v) is 6.91. The van der Waals surface area contributed by atoms with E-state index in [0.717, 1.165) is 5.75 Å². The Balaban J connectivity index is 1.34. The van der Waals surface area contributed by atoms with Crippen LogP contribution in [0.5, 0.6) is 5.75 Å². The van der Waals surface area contributed by atoms with Crippen molar-refractivity contribution in [1.82, 2.24) is 10.2 Å². The predicted octanol–water partition coefficient (Wildman–Crippen LogP) is 3.41. The molecule has 1 fully saturated rings. The van der Waals surface area contributed by atoms with Gasteiger partial charge in [0.1, 0.15) is 11.6 Å². The highest BCUT2D eigenvalue weighted by molar-refractivity contribution is 5.94. The first-order chi connectivity index (χ1) is 13.6. The van der Waals surface area contributed by atoms with Gasteiger partial charge < -0.3 is 15.0 Å². The molecule has 0 atom stereocenters. The summed E-state index contributed by atoms with van der Waals surface area (Å²) in [6, 6.07) is 15.3. The predicted molar refractivity (Wildman–Crippen MR) is 105 cm³/mol. The van der Waals surface area contributed by atoms with Gasteiger partial charge in [0.25, 0.3) is 5.91 Å². The number of para-hydroxylation sites is 1. The van der Waals surface area contributed by atoms with Gasteiger partial charge in [-0.25, -0.2) is 4.39 Å². The summed E-state index contributed by atoms with van der Waals surface area (Å²) in [7, 11) is 0. The number of carbonyl (C=O) groups excluding carboxylic acids is 2. The van der Waals surface area contributed by atoms with Crippen LogP contribution in [0.3, 0.4) is 0 Å². The van der Waals surface area contributed by atoms with Gasteiger partial charge in [-0.05, 0) is 49.6 Å². The normalized spacial score (nSPS) is 14.5. The second kappa shape index (κ2) is 9.88. The molecule has 2 amide bonds. The van der Waals surface area contributed by atoms with Crippen LogP contribution in [-0.4, -0.2) is 42.5 Å². The summed E-state index contributed by atoms with van der Waals surface area (Å²) < 4.78 is 18.9. The van der Waals surface area contributed by atoms with Crippen LogP contribution in [0, 0.1) is 5.82 Å². The van der Waals surface area contributed by atoms with Crippen molar-refractivity contribution in [3.8, 4) is 5.75 Å². The quantitative estimate of drug-likeness (QED) is 0.745. The molecule has 1 saturated heterocycles. The molecule has 1 N–H and O–H groups in total. The second-order valence-electron chi connectivity index (χ2n) is 6.91. The molecule has 1 aliphatic heterocycles. The highest BCUT2D eigenvalue weighted by Gasteiger charge is 2.24. The minimum atomic E-state index is -0.413. The zero-order valence-corrected chi connectivity index (χ0v) is 15.8. The van der Waals surface area contributed by atoms with Gasteiger partial charge in [-0.3, -0.25) is 9.59 Å². The Morgan fingerprint density at radius 1 is 1.07 bits per heavy atom. The van der Waals surface area contributed by atoms with Crippen molar-refractivity contribution in [1.29, 1.82) is 0 Å². The molecular weight excluding hydrogens is 359 g/mol. The maximum absolute atomic E-state index is 13.3. The van der Waals surface area contributed by atoms with Gasteiger partial charge in [-0.15, -0.1) is 0 Å². The molecule has 1 heterocycles. The lowest BCUT2D eigenvalue weighted by molar-refractivity contribution is -0.122. The van der Waals surface area contributed by atoms with Crippen LogP contribution < -0.4 is 10.1 Å². The number of hydrogen-bond donors (Lipinski definition) is 1. The standard InChI is InChI=1S/C22H25FN2O3/c23-18-7-4-6-17(16-18)22(27)25-13-11-19(12-14-25)24-21(26)10-5-15-28-20-8-2-1-3-9-20/h1-4,6-9,16,19H,5,10-15H2,(H,24,26). The lowest BCUT2D eigenvalue weighted by Crippen LogP contribution is -2.46. The molecule has 0 radical (unpaired) electrons. The van der Waals surface area contributed by atoms with Crippen LogP contribution in [0.4, 0.5) is 4.39 Å². The van der Waals surface area contributed by atoms with Gasteiger partial charge in [0.05, 0.1) is 6.61 Å². The van der Waals surface area contributed by atoms with Gasteiger partial charge in [-0.1, -0.05) is 24.3 Å². The Kier molecular flexibility index (Phi) is 7.00. The molecule has 0 bridgehead atoms. The first kappa shape index (κ1) is 19.9. The number of benzene rings is 2. The zero-order valence-electron chi connectivity index (χ0n) is 15.8. The Morgan fingerprint density at radius 3 is 2.54 bits per heavy atom. The molecule has 2 aromatic carbocycles.